The molecule has 7 heteroatoms. The number of oxime groups is 1. The van der Waals surface area contributed by atoms with Crippen LogP contribution in [0.5, 0.6) is 0 Å². The van der Waals surface area contributed by atoms with Crippen LogP contribution in [0.25, 0.3) is 0 Å². The number of urea groups is 1. The Kier molecular flexibility index (Phi) is 3.99. The van der Waals surface area contributed by atoms with E-state index < -0.39 is 0 Å². The molecule has 0 aromatic carbocycles. The first-order valence-electron chi connectivity index (χ1n) is 4.31. The van der Waals surface area contributed by atoms with Crippen LogP contribution < -0.4 is 11.1 Å². The highest BCUT2D eigenvalue weighted by atomic mass is 16.5. The Morgan fingerprint density at radius 3 is 2.79 bits per heavy atom. The van der Waals surface area contributed by atoms with Gasteiger partial charge in [-0.15, -0.1) is 0 Å². The van der Waals surface area contributed by atoms with E-state index in [4.69, 9.17) is 15.7 Å². The van der Waals surface area contributed by atoms with Crippen molar-refractivity contribution < 1.29 is 14.7 Å². The molecule has 1 saturated heterocycles. The quantitative estimate of drug-likeness (QED) is 0.226. The van der Waals surface area contributed by atoms with Crippen LogP contribution in [0.2, 0.25) is 0 Å². The Bertz CT molecular complexity index is 225. The molecule has 0 spiro atoms. The lowest BCUT2D eigenvalue weighted by molar-refractivity contribution is 0.0535. The van der Waals surface area contributed by atoms with Gasteiger partial charge in [0, 0.05) is 13.1 Å². The van der Waals surface area contributed by atoms with Crippen LogP contribution >= 0.6 is 0 Å². The van der Waals surface area contributed by atoms with E-state index in [2.05, 4.69) is 10.5 Å². The SMILES string of the molecule is NC(CNC(=O)N1CCOCC1)=NO. The number of carbonyl (C=O) groups is 1. The largest absolute Gasteiger partial charge is 0.409 e. The molecule has 0 saturated carbocycles. The summed E-state index contributed by atoms with van der Waals surface area (Å²) in [5, 5.41) is 13.5. The van der Waals surface area contributed by atoms with Crippen molar-refractivity contribution in [2.45, 2.75) is 0 Å². The maximum atomic E-state index is 11.4. The van der Waals surface area contributed by atoms with Crippen molar-refractivity contribution in [2.75, 3.05) is 32.8 Å². The van der Waals surface area contributed by atoms with Crippen molar-refractivity contribution in [3.8, 4) is 0 Å². The average Bonchev–Trinajstić information content (AvgIpc) is 2.26. The second-order valence-corrected chi connectivity index (χ2v) is 2.85. The normalized spacial score (nSPS) is 18.0. The van der Waals surface area contributed by atoms with E-state index in [9.17, 15) is 4.79 Å². The summed E-state index contributed by atoms with van der Waals surface area (Å²) >= 11 is 0. The van der Waals surface area contributed by atoms with Gasteiger partial charge in [-0.2, -0.15) is 0 Å². The molecule has 0 atom stereocenters. The number of nitrogens with two attached hydrogens (primary N) is 1. The van der Waals surface area contributed by atoms with Gasteiger partial charge in [-0.3, -0.25) is 0 Å². The topological polar surface area (TPSA) is 100 Å². The van der Waals surface area contributed by atoms with Crippen LogP contribution in [0.1, 0.15) is 0 Å². The molecule has 0 bridgehead atoms. The number of hydrogen-bond acceptors (Lipinski definition) is 4. The second-order valence-electron chi connectivity index (χ2n) is 2.85. The molecule has 0 aliphatic carbocycles. The maximum Gasteiger partial charge on any atom is 0.317 e. The van der Waals surface area contributed by atoms with Crippen LogP contribution in [0.15, 0.2) is 5.16 Å². The van der Waals surface area contributed by atoms with Crippen LogP contribution in [0.3, 0.4) is 0 Å². The second kappa shape index (κ2) is 5.28. The van der Waals surface area contributed by atoms with Gasteiger partial charge in [0.1, 0.15) is 0 Å². The molecule has 1 rings (SSSR count). The molecule has 2 amide bonds. The highest BCUT2D eigenvalue weighted by molar-refractivity contribution is 5.86. The van der Waals surface area contributed by atoms with Gasteiger partial charge in [0.2, 0.25) is 0 Å². The Balaban J connectivity index is 2.26. The molecule has 0 aromatic rings. The molecule has 0 aromatic heterocycles. The standard InChI is InChI=1S/C7H14N4O3/c8-6(10-13)5-9-7(12)11-1-3-14-4-2-11/h13H,1-5H2,(H2,8,10)(H,9,12). The van der Waals surface area contributed by atoms with Crippen molar-refractivity contribution in [1.29, 1.82) is 0 Å². The van der Waals surface area contributed by atoms with Crippen molar-refractivity contribution in [2.24, 2.45) is 10.9 Å². The lowest BCUT2D eigenvalue weighted by Gasteiger charge is -2.26. The number of morpholine rings is 1. The summed E-state index contributed by atoms with van der Waals surface area (Å²) in [7, 11) is 0. The monoisotopic (exact) mass is 202 g/mol. The highest BCUT2D eigenvalue weighted by Crippen LogP contribution is 1.96. The van der Waals surface area contributed by atoms with Gasteiger partial charge < -0.3 is 25.9 Å². The van der Waals surface area contributed by atoms with Gasteiger partial charge in [-0.05, 0) is 0 Å². The fraction of sp³-hybridized carbons (Fsp3) is 0.714. The first-order chi connectivity index (χ1) is 6.74. The van der Waals surface area contributed by atoms with Crippen molar-refractivity contribution in [3.05, 3.63) is 0 Å². The number of amides is 2. The molecular weight excluding hydrogens is 188 g/mol. The number of nitrogens with zero attached hydrogens (tertiary/aromatic N) is 2. The predicted molar refractivity (Wildman–Crippen MR) is 49.2 cm³/mol. The van der Waals surface area contributed by atoms with E-state index in [1.54, 1.807) is 4.90 Å². The summed E-state index contributed by atoms with van der Waals surface area (Å²) < 4.78 is 5.09. The lowest BCUT2D eigenvalue weighted by atomic mass is 10.4. The van der Waals surface area contributed by atoms with E-state index >= 15 is 0 Å². The van der Waals surface area contributed by atoms with Crippen molar-refractivity contribution >= 4 is 11.9 Å². The van der Waals surface area contributed by atoms with Gasteiger partial charge in [0.15, 0.2) is 5.84 Å². The zero-order valence-corrected chi connectivity index (χ0v) is 7.77. The predicted octanol–water partition coefficient (Wildman–Crippen LogP) is -1.23. The Labute approximate surface area is 81.5 Å². The Morgan fingerprint density at radius 2 is 2.21 bits per heavy atom. The number of nitrogens with one attached hydrogen (secondary N) is 1. The zero-order chi connectivity index (χ0) is 10.4. The Morgan fingerprint density at radius 1 is 1.57 bits per heavy atom. The third-order valence-corrected chi connectivity index (χ3v) is 1.85. The number of ether oxygens (including phenoxy) is 1. The zero-order valence-electron chi connectivity index (χ0n) is 7.77. The molecule has 14 heavy (non-hydrogen) atoms. The van der Waals surface area contributed by atoms with Crippen molar-refractivity contribution in [3.63, 3.8) is 0 Å². The van der Waals surface area contributed by atoms with Crippen LogP contribution in [0.4, 0.5) is 4.79 Å². The molecule has 1 aliphatic heterocycles. The van der Waals surface area contributed by atoms with E-state index in [0.717, 1.165) is 0 Å². The first-order valence-corrected chi connectivity index (χ1v) is 4.31. The minimum atomic E-state index is -0.222. The Hall–Kier alpha value is -1.50. The van der Waals surface area contributed by atoms with Gasteiger partial charge in [0.25, 0.3) is 0 Å². The van der Waals surface area contributed by atoms with E-state index in [1.807, 2.05) is 0 Å². The number of rotatable bonds is 2. The van der Waals surface area contributed by atoms with Gasteiger partial charge >= 0.3 is 6.03 Å². The minimum Gasteiger partial charge on any atom is -0.409 e. The molecule has 1 fully saturated rings. The molecule has 80 valence electrons. The highest BCUT2D eigenvalue weighted by Gasteiger charge is 2.16. The summed E-state index contributed by atoms with van der Waals surface area (Å²) in [4.78, 5) is 13.0. The van der Waals surface area contributed by atoms with Gasteiger partial charge in [-0.25, -0.2) is 4.79 Å². The average molecular weight is 202 g/mol. The molecule has 0 unspecified atom stereocenters. The molecule has 4 N–H and O–H groups in total. The maximum absolute atomic E-state index is 11.4. The van der Waals surface area contributed by atoms with Crippen LogP contribution in [-0.2, 0) is 4.74 Å². The van der Waals surface area contributed by atoms with E-state index in [-0.39, 0.29) is 18.4 Å². The van der Waals surface area contributed by atoms with Crippen molar-refractivity contribution in [1.82, 2.24) is 10.2 Å². The molecule has 7 nitrogen and oxygen atoms in total. The smallest absolute Gasteiger partial charge is 0.317 e. The fourth-order valence-electron chi connectivity index (χ4n) is 1.08. The third kappa shape index (κ3) is 3.09. The van der Waals surface area contributed by atoms with E-state index in [1.165, 1.54) is 0 Å². The summed E-state index contributed by atoms with van der Waals surface area (Å²) in [6.45, 7) is 2.30. The number of hydrogen-bond donors (Lipinski definition) is 3. The van der Waals surface area contributed by atoms with Crippen LogP contribution in [0, 0.1) is 0 Å². The number of carbonyl (C=O) groups excluding carboxylic acids is 1. The molecule has 1 aliphatic rings. The summed E-state index contributed by atoms with van der Waals surface area (Å²) in [5.41, 5.74) is 5.19. The molecular formula is C7H14N4O3. The number of amidine groups is 1. The molecule has 0 radical (unpaired) electrons. The molecule has 1 heterocycles. The van der Waals surface area contributed by atoms with E-state index in [0.29, 0.717) is 26.3 Å². The fourth-order valence-corrected chi connectivity index (χ4v) is 1.08. The van der Waals surface area contributed by atoms with Crippen LogP contribution in [-0.4, -0.2) is 54.8 Å². The van der Waals surface area contributed by atoms with Gasteiger partial charge in [0.05, 0.1) is 19.8 Å². The first kappa shape index (κ1) is 10.6. The third-order valence-electron chi connectivity index (χ3n) is 1.85. The minimum absolute atomic E-state index is 0.0217. The summed E-state index contributed by atoms with van der Waals surface area (Å²) in [5.74, 6) is -0.0217. The summed E-state index contributed by atoms with van der Waals surface area (Å²) in [6.07, 6.45) is 0. The summed E-state index contributed by atoms with van der Waals surface area (Å²) in [6, 6.07) is -0.222. The lowest BCUT2D eigenvalue weighted by Crippen LogP contribution is -2.48. The van der Waals surface area contributed by atoms with Gasteiger partial charge in [-0.1, -0.05) is 5.16 Å².